The van der Waals surface area contributed by atoms with Gasteiger partial charge in [0, 0.05) is 13.0 Å². The predicted octanol–water partition coefficient (Wildman–Crippen LogP) is -1.79. The molecule has 25 heavy (non-hydrogen) atoms. The molecule has 2 aliphatic heterocycles. The first-order chi connectivity index (χ1) is 11.8. The van der Waals surface area contributed by atoms with Crippen LogP contribution in [0, 0.1) is 5.92 Å². The topological polar surface area (TPSA) is 148 Å². The van der Waals surface area contributed by atoms with Crippen LogP contribution in [0.1, 0.15) is 39.0 Å². The van der Waals surface area contributed by atoms with Crippen molar-refractivity contribution in [2.24, 2.45) is 17.4 Å². The average Bonchev–Trinajstić information content (AvgIpc) is 3.17. The maximum atomic E-state index is 12.8. The summed E-state index contributed by atoms with van der Waals surface area (Å²) in [6.07, 6.45) is 2.45. The van der Waals surface area contributed by atoms with Gasteiger partial charge in [-0.3, -0.25) is 19.2 Å². The van der Waals surface area contributed by atoms with E-state index in [1.807, 2.05) is 6.92 Å². The van der Waals surface area contributed by atoms with Gasteiger partial charge in [-0.15, -0.1) is 0 Å². The molecule has 0 aliphatic carbocycles. The maximum absolute atomic E-state index is 12.8. The summed E-state index contributed by atoms with van der Waals surface area (Å²) < 4.78 is 0. The van der Waals surface area contributed by atoms with Gasteiger partial charge >= 0.3 is 0 Å². The molecular weight excluding hydrogens is 326 g/mol. The van der Waals surface area contributed by atoms with Gasteiger partial charge in [0.25, 0.3) is 0 Å². The van der Waals surface area contributed by atoms with E-state index in [0.29, 0.717) is 38.8 Å². The Balaban J connectivity index is 2.07. The molecule has 9 nitrogen and oxygen atoms in total. The van der Waals surface area contributed by atoms with Gasteiger partial charge in [-0.2, -0.15) is 0 Å². The Morgan fingerprint density at radius 2 is 2.12 bits per heavy atom. The summed E-state index contributed by atoms with van der Waals surface area (Å²) in [5, 5.41) is 5.35. The molecule has 1 unspecified atom stereocenters. The second-order valence-corrected chi connectivity index (χ2v) is 6.81. The van der Waals surface area contributed by atoms with Crippen LogP contribution in [-0.4, -0.2) is 59.7 Å². The maximum Gasteiger partial charge on any atom is 0.245 e. The SMILES string of the molecule is CC1CC(=O)N[C@@H]1C(=O)N[C@@H](CCCN)C(=O)N1CCC[C@H]1C(N)=O. The van der Waals surface area contributed by atoms with E-state index in [1.54, 1.807) is 0 Å². The Morgan fingerprint density at radius 3 is 2.68 bits per heavy atom. The molecule has 0 bridgehead atoms. The van der Waals surface area contributed by atoms with E-state index in [2.05, 4.69) is 10.6 Å². The number of hydrogen-bond donors (Lipinski definition) is 4. The number of carbonyl (C=O) groups is 4. The first-order valence-electron chi connectivity index (χ1n) is 8.74. The van der Waals surface area contributed by atoms with E-state index in [1.165, 1.54) is 4.90 Å². The van der Waals surface area contributed by atoms with Gasteiger partial charge < -0.3 is 27.0 Å². The summed E-state index contributed by atoms with van der Waals surface area (Å²) >= 11 is 0. The lowest BCUT2D eigenvalue weighted by Gasteiger charge is -2.28. The minimum atomic E-state index is -0.777. The lowest BCUT2D eigenvalue weighted by Crippen LogP contribution is -2.56. The molecule has 0 aromatic carbocycles. The number of nitrogens with one attached hydrogen (secondary N) is 2. The van der Waals surface area contributed by atoms with Crippen molar-refractivity contribution in [2.75, 3.05) is 13.1 Å². The fraction of sp³-hybridized carbons (Fsp3) is 0.750. The smallest absolute Gasteiger partial charge is 0.245 e. The van der Waals surface area contributed by atoms with Gasteiger partial charge in [-0.25, -0.2) is 0 Å². The number of nitrogens with two attached hydrogens (primary N) is 2. The minimum absolute atomic E-state index is 0.136. The van der Waals surface area contributed by atoms with E-state index in [9.17, 15) is 19.2 Å². The average molecular weight is 353 g/mol. The lowest BCUT2D eigenvalue weighted by atomic mass is 10.0. The van der Waals surface area contributed by atoms with Crippen molar-refractivity contribution in [3.8, 4) is 0 Å². The van der Waals surface area contributed by atoms with E-state index in [-0.39, 0.29) is 30.1 Å². The lowest BCUT2D eigenvalue weighted by molar-refractivity contribution is -0.141. The van der Waals surface area contributed by atoms with Gasteiger partial charge in [-0.05, 0) is 38.1 Å². The number of amides is 4. The van der Waals surface area contributed by atoms with E-state index >= 15 is 0 Å². The molecule has 2 fully saturated rings. The standard InChI is InChI=1S/C16H27N5O4/c1-9-8-12(22)20-13(9)15(24)19-10(4-2-6-17)16(25)21-7-3-5-11(21)14(18)23/h9-11,13H,2-8,17H2,1H3,(H2,18,23)(H,19,24)(H,20,22)/t9?,10-,11-,13-/m0/s1. The van der Waals surface area contributed by atoms with Crippen LogP contribution in [0.2, 0.25) is 0 Å². The second-order valence-electron chi connectivity index (χ2n) is 6.81. The summed E-state index contributed by atoms with van der Waals surface area (Å²) in [4.78, 5) is 49.8. The monoisotopic (exact) mass is 353 g/mol. The molecule has 4 amide bonds. The van der Waals surface area contributed by atoms with Crippen LogP contribution in [0.3, 0.4) is 0 Å². The molecule has 0 aromatic rings. The highest BCUT2D eigenvalue weighted by molar-refractivity contribution is 5.95. The fourth-order valence-electron chi connectivity index (χ4n) is 3.48. The molecule has 140 valence electrons. The Hall–Kier alpha value is -2.16. The molecule has 4 atom stereocenters. The first kappa shape index (κ1) is 19.2. The van der Waals surface area contributed by atoms with Crippen molar-refractivity contribution >= 4 is 23.6 Å². The van der Waals surface area contributed by atoms with Gasteiger partial charge in [0.1, 0.15) is 18.1 Å². The normalized spacial score (nSPS) is 27.0. The summed E-state index contributed by atoms with van der Waals surface area (Å²) in [6, 6.07) is -2.05. The fourth-order valence-corrected chi connectivity index (χ4v) is 3.48. The summed E-state index contributed by atoms with van der Waals surface area (Å²) in [5.41, 5.74) is 10.9. The van der Waals surface area contributed by atoms with Crippen molar-refractivity contribution in [3.63, 3.8) is 0 Å². The summed E-state index contributed by atoms with van der Waals surface area (Å²) in [5.74, 6) is -1.55. The largest absolute Gasteiger partial charge is 0.368 e. The predicted molar refractivity (Wildman–Crippen MR) is 89.9 cm³/mol. The van der Waals surface area contributed by atoms with Crippen molar-refractivity contribution in [1.82, 2.24) is 15.5 Å². The van der Waals surface area contributed by atoms with Gasteiger partial charge in [0.15, 0.2) is 0 Å². The highest BCUT2D eigenvalue weighted by atomic mass is 16.2. The molecule has 2 aliphatic rings. The van der Waals surface area contributed by atoms with Crippen LogP contribution in [0.5, 0.6) is 0 Å². The molecule has 0 aromatic heterocycles. The number of nitrogens with zero attached hydrogens (tertiary/aromatic N) is 1. The van der Waals surface area contributed by atoms with Crippen molar-refractivity contribution in [2.45, 2.75) is 57.2 Å². The highest BCUT2D eigenvalue weighted by Crippen LogP contribution is 2.20. The van der Waals surface area contributed by atoms with Crippen LogP contribution in [0.25, 0.3) is 0 Å². The molecule has 0 spiro atoms. The van der Waals surface area contributed by atoms with Crippen LogP contribution in [0.15, 0.2) is 0 Å². The van der Waals surface area contributed by atoms with Crippen LogP contribution in [0.4, 0.5) is 0 Å². The molecule has 2 rings (SSSR count). The number of primary amides is 1. The van der Waals surface area contributed by atoms with Crippen LogP contribution < -0.4 is 22.1 Å². The van der Waals surface area contributed by atoms with Crippen molar-refractivity contribution < 1.29 is 19.2 Å². The second kappa shape index (κ2) is 8.28. The summed E-state index contributed by atoms with van der Waals surface area (Å²) in [6.45, 7) is 2.63. The van der Waals surface area contributed by atoms with Crippen molar-refractivity contribution in [1.29, 1.82) is 0 Å². The zero-order valence-corrected chi connectivity index (χ0v) is 14.5. The Kier molecular flexibility index (Phi) is 6.35. The zero-order chi connectivity index (χ0) is 18.6. The third-order valence-corrected chi connectivity index (χ3v) is 4.85. The van der Waals surface area contributed by atoms with E-state index in [0.717, 1.165) is 0 Å². The van der Waals surface area contributed by atoms with Crippen LogP contribution >= 0.6 is 0 Å². The quantitative estimate of drug-likeness (QED) is 0.427. The van der Waals surface area contributed by atoms with Gasteiger partial charge in [0.05, 0.1) is 0 Å². The first-order valence-corrected chi connectivity index (χ1v) is 8.74. The molecule has 2 saturated heterocycles. The molecule has 2 heterocycles. The Bertz CT molecular complexity index is 553. The van der Waals surface area contributed by atoms with E-state index < -0.39 is 24.0 Å². The van der Waals surface area contributed by atoms with Crippen molar-refractivity contribution in [3.05, 3.63) is 0 Å². The Morgan fingerprint density at radius 1 is 1.40 bits per heavy atom. The van der Waals surface area contributed by atoms with Crippen LogP contribution in [-0.2, 0) is 19.2 Å². The number of carbonyl (C=O) groups excluding carboxylic acids is 4. The highest BCUT2D eigenvalue weighted by Gasteiger charge is 2.39. The number of hydrogen-bond acceptors (Lipinski definition) is 5. The van der Waals surface area contributed by atoms with Gasteiger partial charge in [0.2, 0.25) is 23.6 Å². The number of likely N-dealkylation sites (tertiary alicyclic amines) is 1. The number of rotatable bonds is 7. The zero-order valence-electron chi connectivity index (χ0n) is 14.5. The van der Waals surface area contributed by atoms with E-state index in [4.69, 9.17) is 11.5 Å². The Labute approximate surface area is 146 Å². The minimum Gasteiger partial charge on any atom is -0.368 e. The molecule has 0 radical (unpaired) electrons. The molecule has 6 N–H and O–H groups in total. The summed E-state index contributed by atoms with van der Waals surface area (Å²) in [7, 11) is 0. The third-order valence-electron chi connectivity index (χ3n) is 4.85. The van der Waals surface area contributed by atoms with Gasteiger partial charge in [-0.1, -0.05) is 6.92 Å². The molecular formula is C16H27N5O4. The third kappa shape index (κ3) is 4.47. The molecule has 0 saturated carbocycles. The molecule has 9 heteroatoms.